The van der Waals surface area contributed by atoms with E-state index < -0.39 is 23.2 Å². The monoisotopic (exact) mass is 270 g/mol. The molecule has 0 aromatic heterocycles. The summed E-state index contributed by atoms with van der Waals surface area (Å²) in [5.74, 6) is 2.72. The molecule has 1 aliphatic rings. The zero-order valence-corrected chi connectivity index (χ0v) is 10.5. The van der Waals surface area contributed by atoms with Crippen molar-refractivity contribution in [3.8, 4) is 0 Å². The molecule has 4 N–H and O–H groups in total. The Morgan fingerprint density at radius 3 is 2.53 bits per heavy atom. The largest absolute Gasteiger partial charge is 0.348 e. The molecule has 1 aliphatic heterocycles. The second-order valence-corrected chi connectivity index (χ2v) is 4.68. The van der Waals surface area contributed by atoms with Crippen LogP contribution in [-0.2, 0) is 0 Å². The summed E-state index contributed by atoms with van der Waals surface area (Å²) in [5.41, 5.74) is 1.42. The van der Waals surface area contributed by atoms with E-state index in [9.17, 15) is 13.6 Å². The van der Waals surface area contributed by atoms with Gasteiger partial charge in [0.05, 0.1) is 0 Å². The molecule has 1 atom stereocenters. The Labute approximate surface area is 109 Å². The molecule has 0 spiro atoms. The first-order valence-corrected chi connectivity index (χ1v) is 5.96. The highest BCUT2D eigenvalue weighted by atomic mass is 19.1. The van der Waals surface area contributed by atoms with Crippen molar-refractivity contribution in [3.63, 3.8) is 0 Å². The fourth-order valence-electron chi connectivity index (χ4n) is 2.16. The van der Waals surface area contributed by atoms with Gasteiger partial charge in [-0.15, -0.1) is 0 Å². The highest BCUT2D eigenvalue weighted by Gasteiger charge is 2.22. The number of rotatable bonds is 3. The Hall–Kier alpha value is -1.73. The molecule has 1 unspecified atom stereocenters. The molecule has 1 saturated heterocycles. The van der Waals surface area contributed by atoms with Crippen LogP contribution in [0.4, 0.5) is 14.5 Å². The maximum atomic E-state index is 13.5. The SMILES string of the molecule is CN1CCC(NC(=O)c2cc(F)c(NN)c(F)c2)C1. The molecule has 104 valence electrons. The third-order valence-electron chi connectivity index (χ3n) is 3.18. The number of nitrogen functional groups attached to an aromatic ring is 1. The number of halogens is 2. The second kappa shape index (κ2) is 5.50. The smallest absolute Gasteiger partial charge is 0.251 e. The van der Waals surface area contributed by atoms with Crippen LogP contribution in [0.25, 0.3) is 0 Å². The number of likely N-dealkylation sites (tertiary alicyclic amines) is 1. The molecule has 1 amide bonds. The Kier molecular flexibility index (Phi) is 3.96. The van der Waals surface area contributed by atoms with Gasteiger partial charge in [0.25, 0.3) is 5.91 Å². The van der Waals surface area contributed by atoms with Crippen molar-refractivity contribution < 1.29 is 13.6 Å². The van der Waals surface area contributed by atoms with Gasteiger partial charge in [-0.25, -0.2) is 8.78 Å². The van der Waals surface area contributed by atoms with Gasteiger partial charge >= 0.3 is 0 Å². The van der Waals surface area contributed by atoms with Crippen LogP contribution in [0.15, 0.2) is 12.1 Å². The fraction of sp³-hybridized carbons (Fsp3) is 0.417. The van der Waals surface area contributed by atoms with Gasteiger partial charge in [0, 0.05) is 18.2 Å². The second-order valence-electron chi connectivity index (χ2n) is 4.68. The number of likely N-dealkylation sites (N-methyl/N-ethyl adjacent to an activating group) is 1. The summed E-state index contributed by atoms with van der Waals surface area (Å²) in [6.07, 6.45) is 0.829. The highest BCUT2D eigenvalue weighted by Crippen LogP contribution is 2.20. The van der Waals surface area contributed by atoms with Gasteiger partial charge in [0.1, 0.15) is 5.69 Å². The number of nitrogens with one attached hydrogen (secondary N) is 2. The van der Waals surface area contributed by atoms with Crippen molar-refractivity contribution in [2.45, 2.75) is 12.5 Å². The van der Waals surface area contributed by atoms with E-state index in [4.69, 9.17) is 5.84 Å². The number of hydrogen-bond acceptors (Lipinski definition) is 4. The van der Waals surface area contributed by atoms with Crippen LogP contribution in [0.3, 0.4) is 0 Å². The molecule has 7 heteroatoms. The molecule has 1 aromatic carbocycles. The molecule has 1 heterocycles. The molecule has 2 rings (SSSR count). The number of nitrogens with zero attached hydrogens (tertiary/aromatic N) is 1. The summed E-state index contributed by atoms with van der Waals surface area (Å²) in [5, 5.41) is 2.75. The Bertz CT molecular complexity index is 472. The average molecular weight is 270 g/mol. The highest BCUT2D eigenvalue weighted by molar-refractivity contribution is 5.94. The number of benzene rings is 1. The minimum Gasteiger partial charge on any atom is -0.348 e. The summed E-state index contributed by atoms with van der Waals surface area (Å²) in [7, 11) is 1.95. The molecule has 19 heavy (non-hydrogen) atoms. The number of hydrazine groups is 1. The molecular formula is C12H16F2N4O. The number of amides is 1. The molecule has 1 fully saturated rings. The van der Waals surface area contributed by atoms with Crippen LogP contribution >= 0.6 is 0 Å². The summed E-state index contributed by atoms with van der Waals surface area (Å²) in [6.45, 7) is 1.63. The zero-order chi connectivity index (χ0) is 14.0. The number of anilines is 1. The molecule has 0 saturated carbocycles. The average Bonchev–Trinajstić information content (AvgIpc) is 2.74. The topological polar surface area (TPSA) is 70.4 Å². The number of nitrogens with two attached hydrogens (primary N) is 1. The minimum absolute atomic E-state index is 0.0101. The number of carbonyl (C=O) groups excluding carboxylic acids is 1. The maximum Gasteiger partial charge on any atom is 0.251 e. The number of carbonyl (C=O) groups is 1. The van der Waals surface area contributed by atoms with Gasteiger partial charge in [-0.3, -0.25) is 10.6 Å². The van der Waals surface area contributed by atoms with Crippen LogP contribution in [0.5, 0.6) is 0 Å². The van der Waals surface area contributed by atoms with Crippen LogP contribution in [0, 0.1) is 11.6 Å². The Morgan fingerprint density at radius 1 is 1.42 bits per heavy atom. The molecule has 1 aromatic rings. The summed E-state index contributed by atoms with van der Waals surface area (Å²) in [4.78, 5) is 14.0. The predicted octanol–water partition coefficient (Wildman–Crippen LogP) is 0.684. The third-order valence-corrected chi connectivity index (χ3v) is 3.18. The van der Waals surface area contributed by atoms with E-state index in [0.717, 1.165) is 31.6 Å². The molecule has 0 radical (unpaired) electrons. The fourth-order valence-corrected chi connectivity index (χ4v) is 2.16. The standard InChI is InChI=1S/C12H16F2N4O/c1-18-3-2-8(6-18)16-12(19)7-4-9(13)11(17-15)10(14)5-7/h4-5,8,17H,2-3,6,15H2,1H3,(H,16,19). The summed E-state index contributed by atoms with van der Waals surface area (Å²) >= 11 is 0. The lowest BCUT2D eigenvalue weighted by molar-refractivity contribution is 0.0937. The van der Waals surface area contributed by atoms with E-state index in [-0.39, 0.29) is 11.6 Å². The molecule has 5 nitrogen and oxygen atoms in total. The van der Waals surface area contributed by atoms with Crippen molar-refractivity contribution in [1.82, 2.24) is 10.2 Å². The van der Waals surface area contributed by atoms with Gasteiger partial charge in [0.15, 0.2) is 11.6 Å². The van der Waals surface area contributed by atoms with Crippen LogP contribution < -0.4 is 16.6 Å². The molecule has 0 bridgehead atoms. The van der Waals surface area contributed by atoms with Gasteiger partial charge < -0.3 is 15.6 Å². The van der Waals surface area contributed by atoms with Crippen molar-refractivity contribution in [2.24, 2.45) is 5.84 Å². The normalized spacial score (nSPS) is 19.5. The van der Waals surface area contributed by atoms with E-state index in [0.29, 0.717) is 0 Å². The van der Waals surface area contributed by atoms with Crippen molar-refractivity contribution in [3.05, 3.63) is 29.3 Å². The maximum absolute atomic E-state index is 13.5. The number of hydrogen-bond donors (Lipinski definition) is 3. The van der Waals surface area contributed by atoms with E-state index in [1.54, 1.807) is 0 Å². The Balaban J connectivity index is 2.11. The van der Waals surface area contributed by atoms with Crippen LogP contribution in [-0.4, -0.2) is 37.0 Å². The first-order valence-electron chi connectivity index (χ1n) is 5.96. The van der Waals surface area contributed by atoms with Crippen molar-refractivity contribution in [2.75, 3.05) is 25.6 Å². The predicted molar refractivity (Wildman–Crippen MR) is 67.5 cm³/mol. The van der Waals surface area contributed by atoms with Crippen molar-refractivity contribution in [1.29, 1.82) is 0 Å². The first-order chi connectivity index (χ1) is 9.01. The van der Waals surface area contributed by atoms with E-state index in [1.165, 1.54) is 0 Å². The van der Waals surface area contributed by atoms with Gasteiger partial charge in [0.2, 0.25) is 0 Å². The first kappa shape index (κ1) is 13.7. The minimum atomic E-state index is -0.892. The van der Waals surface area contributed by atoms with Gasteiger partial charge in [-0.05, 0) is 32.1 Å². The molecule has 0 aliphatic carbocycles. The van der Waals surface area contributed by atoms with Crippen LogP contribution in [0.2, 0.25) is 0 Å². The van der Waals surface area contributed by atoms with Gasteiger partial charge in [-0.2, -0.15) is 0 Å². The summed E-state index contributed by atoms with van der Waals surface area (Å²) in [6, 6.07) is 1.94. The summed E-state index contributed by atoms with van der Waals surface area (Å²) < 4.78 is 27.0. The lowest BCUT2D eigenvalue weighted by Crippen LogP contribution is -2.36. The lowest BCUT2D eigenvalue weighted by Gasteiger charge is -2.13. The zero-order valence-electron chi connectivity index (χ0n) is 10.5. The quantitative estimate of drug-likeness (QED) is 0.558. The van der Waals surface area contributed by atoms with E-state index in [2.05, 4.69) is 10.2 Å². The third kappa shape index (κ3) is 2.99. The molecular weight excluding hydrogens is 254 g/mol. The van der Waals surface area contributed by atoms with Crippen molar-refractivity contribution >= 4 is 11.6 Å². The van der Waals surface area contributed by atoms with E-state index >= 15 is 0 Å². The Morgan fingerprint density at radius 2 is 2.05 bits per heavy atom. The lowest BCUT2D eigenvalue weighted by atomic mass is 10.1. The van der Waals surface area contributed by atoms with Gasteiger partial charge in [-0.1, -0.05) is 0 Å². The van der Waals surface area contributed by atoms with E-state index in [1.807, 2.05) is 12.5 Å². The van der Waals surface area contributed by atoms with Crippen LogP contribution in [0.1, 0.15) is 16.8 Å².